The number of rotatable bonds is 6. The molecule has 0 spiro atoms. The first-order valence-electron chi connectivity index (χ1n) is 5.55. The third-order valence-corrected chi connectivity index (χ3v) is 3.53. The predicted octanol–water partition coefficient (Wildman–Crippen LogP) is 1.80. The van der Waals surface area contributed by atoms with Crippen LogP contribution in [-0.2, 0) is 15.8 Å². The van der Waals surface area contributed by atoms with Crippen LogP contribution in [0.25, 0.3) is 0 Å². The molecular weight excluding hydrogens is 260 g/mol. The van der Waals surface area contributed by atoms with Gasteiger partial charge in [-0.05, 0) is 6.92 Å². The van der Waals surface area contributed by atoms with E-state index in [9.17, 15) is 17.2 Å². The molecule has 1 rings (SSSR count). The van der Waals surface area contributed by atoms with Crippen LogP contribution in [0.4, 0.5) is 8.78 Å². The maximum atomic E-state index is 13.7. The molecule has 0 aliphatic carbocycles. The predicted molar refractivity (Wildman–Crippen MR) is 67.5 cm³/mol. The van der Waals surface area contributed by atoms with Gasteiger partial charge in [-0.3, -0.25) is 0 Å². The van der Waals surface area contributed by atoms with Gasteiger partial charge in [0.1, 0.15) is 9.84 Å². The third kappa shape index (κ3) is 5.10. The molecule has 0 saturated heterocycles. The average Bonchev–Trinajstić information content (AvgIpc) is 2.26. The lowest BCUT2D eigenvalue weighted by Crippen LogP contribution is -2.39. The molecule has 0 bridgehead atoms. The second-order valence-corrected chi connectivity index (χ2v) is 6.63. The zero-order valence-electron chi connectivity index (χ0n) is 10.4. The minimum Gasteiger partial charge on any atom is -0.307 e. The Morgan fingerprint density at radius 1 is 1.28 bits per heavy atom. The second-order valence-electron chi connectivity index (χ2n) is 4.44. The van der Waals surface area contributed by atoms with Crippen LogP contribution in [0.5, 0.6) is 0 Å². The maximum absolute atomic E-state index is 13.7. The third-order valence-electron chi connectivity index (χ3n) is 2.42. The molecule has 1 N–H and O–H groups in total. The van der Waals surface area contributed by atoms with E-state index in [2.05, 4.69) is 5.32 Å². The van der Waals surface area contributed by atoms with Gasteiger partial charge in [-0.2, -0.15) is 8.78 Å². The summed E-state index contributed by atoms with van der Waals surface area (Å²) in [5.41, 5.74) is -0.0796. The van der Waals surface area contributed by atoms with Crippen LogP contribution in [0.3, 0.4) is 0 Å². The molecule has 0 fully saturated rings. The van der Waals surface area contributed by atoms with Gasteiger partial charge < -0.3 is 5.32 Å². The van der Waals surface area contributed by atoms with Gasteiger partial charge in [0.25, 0.3) is 5.92 Å². The summed E-state index contributed by atoms with van der Waals surface area (Å²) in [5.74, 6) is -3.16. The van der Waals surface area contributed by atoms with Crippen LogP contribution < -0.4 is 5.32 Å². The highest BCUT2D eigenvalue weighted by atomic mass is 32.2. The minimum atomic E-state index is -3.16. The highest BCUT2D eigenvalue weighted by Gasteiger charge is 2.31. The molecule has 1 aromatic rings. The molecule has 1 aromatic carbocycles. The molecule has 1 unspecified atom stereocenters. The van der Waals surface area contributed by atoms with Gasteiger partial charge in [0.2, 0.25) is 0 Å². The quantitative estimate of drug-likeness (QED) is 0.862. The van der Waals surface area contributed by atoms with E-state index in [0.717, 1.165) is 6.26 Å². The summed E-state index contributed by atoms with van der Waals surface area (Å²) < 4.78 is 49.5. The minimum absolute atomic E-state index is 0.0796. The molecule has 0 saturated carbocycles. The van der Waals surface area contributed by atoms with Crippen molar-refractivity contribution >= 4 is 9.84 Å². The van der Waals surface area contributed by atoms with Crippen molar-refractivity contribution in [3.05, 3.63) is 35.9 Å². The molecule has 1 atom stereocenters. The molecule has 3 nitrogen and oxygen atoms in total. The van der Waals surface area contributed by atoms with E-state index in [1.54, 1.807) is 25.1 Å². The van der Waals surface area contributed by atoms with Gasteiger partial charge in [-0.15, -0.1) is 0 Å². The van der Waals surface area contributed by atoms with E-state index < -0.39 is 28.3 Å². The molecular formula is C12H17F2NO2S. The highest BCUT2D eigenvalue weighted by Crippen LogP contribution is 2.26. The van der Waals surface area contributed by atoms with E-state index >= 15 is 0 Å². The smallest absolute Gasteiger partial charge is 0.285 e. The first kappa shape index (κ1) is 15.0. The van der Waals surface area contributed by atoms with Crippen molar-refractivity contribution in [2.45, 2.75) is 18.9 Å². The van der Waals surface area contributed by atoms with Crippen molar-refractivity contribution in [3.8, 4) is 0 Å². The molecule has 0 aromatic heterocycles. The number of hydrogen-bond acceptors (Lipinski definition) is 3. The van der Waals surface area contributed by atoms with Crippen LogP contribution in [0.2, 0.25) is 0 Å². The summed E-state index contributed by atoms with van der Waals surface area (Å²) in [6.45, 7) is 0.996. The number of halogens is 2. The maximum Gasteiger partial charge on any atom is 0.285 e. The fourth-order valence-corrected chi connectivity index (χ4v) is 2.63. The van der Waals surface area contributed by atoms with Crippen LogP contribution in [0, 0.1) is 0 Å². The Labute approximate surface area is 106 Å². The summed E-state index contributed by atoms with van der Waals surface area (Å²) >= 11 is 0. The number of benzene rings is 1. The highest BCUT2D eigenvalue weighted by molar-refractivity contribution is 7.90. The molecule has 0 aliphatic rings. The molecule has 6 heteroatoms. The Hall–Kier alpha value is -1.01. The molecule has 0 heterocycles. The van der Waals surface area contributed by atoms with Crippen LogP contribution in [0.1, 0.15) is 12.5 Å². The van der Waals surface area contributed by atoms with Gasteiger partial charge >= 0.3 is 0 Å². The summed E-state index contributed by atoms with van der Waals surface area (Å²) in [4.78, 5) is 0. The van der Waals surface area contributed by atoms with E-state index in [1.165, 1.54) is 12.1 Å². The van der Waals surface area contributed by atoms with Gasteiger partial charge in [0, 0.05) is 17.9 Å². The van der Waals surface area contributed by atoms with Crippen LogP contribution in [0.15, 0.2) is 30.3 Å². The number of hydrogen-bond donors (Lipinski definition) is 1. The van der Waals surface area contributed by atoms with Gasteiger partial charge in [-0.1, -0.05) is 30.3 Å². The standard InChI is InChI=1S/C12H17F2NO2S/c1-10(8-18(2,16)17)15-9-12(13,14)11-6-4-3-5-7-11/h3-7,10,15H,8-9H2,1-2H3. The molecule has 18 heavy (non-hydrogen) atoms. The van der Waals surface area contributed by atoms with Crippen molar-refractivity contribution in [1.29, 1.82) is 0 Å². The Bertz CT molecular complexity index is 474. The zero-order chi connectivity index (χ0) is 13.8. The van der Waals surface area contributed by atoms with Crippen molar-refractivity contribution in [2.75, 3.05) is 18.6 Å². The Morgan fingerprint density at radius 3 is 2.33 bits per heavy atom. The lowest BCUT2D eigenvalue weighted by atomic mass is 10.1. The zero-order valence-corrected chi connectivity index (χ0v) is 11.2. The Kier molecular flexibility index (Phi) is 4.81. The van der Waals surface area contributed by atoms with E-state index in [4.69, 9.17) is 0 Å². The topological polar surface area (TPSA) is 46.2 Å². The van der Waals surface area contributed by atoms with E-state index in [-0.39, 0.29) is 11.3 Å². The molecule has 0 radical (unpaired) electrons. The Balaban J connectivity index is 2.57. The summed E-state index contributed by atoms with van der Waals surface area (Å²) in [5, 5.41) is 2.55. The number of alkyl halides is 2. The molecule has 0 amide bonds. The van der Waals surface area contributed by atoms with Crippen LogP contribution in [-0.4, -0.2) is 33.0 Å². The normalized spacial score (nSPS) is 14.4. The largest absolute Gasteiger partial charge is 0.307 e. The number of nitrogens with one attached hydrogen (secondary N) is 1. The summed E-state index contributed by atoms with van der Waals surface area (Å²) in [6, 6.07) is 6.95. The van der Waals surface area contributed by atoms with E-state index in [1.807, 2.05) is 0 Å². The van der Waals surface area contributed by atoms with Crippen molar-refractivity contribution < 1.29 is 17.2 Å². The average molecular weight is 277 g/mol. The first-order chi connectivity index (χ1) is 8.21. The fraction of sp³-hybridized carbons (Fsp3) is 0.500. The van der Waals surface area contributed by atoms with Gasteiger partial charge in [0.15, 0.2) is 0 Å². The van der Waals surface area contributed by atoms with Gasteiger partial charge in [0.05, 0.1) is 12.3 Å². The van der Waals surface area contributed by atoms with Crippen molar-refractivity contribution in [1.82, 2.24) is 5.32 Å². The summed E-state index contributed by atoms with van der Waals surface area (Å²) in [7, 11) is -3.16. The van der Waals surface area contributed by atoms with Crippen LogP contribution >= 0.6 is 0 Å². The molecule has 0 aliphatic heterocycles. The van der Waals surface area contributed by atoms with E-state index in [0.29, 0.717) is 0 Å². The second kappa shape index (κ2) is 5.75. The lowest BCUT2D eigenvalue weighted by Gasteiger charge is -2.20. The molecule has 102 valence electrons. The lowest BCUT2D eigenvalue weighted by molar-refractivity contribution is -0.00476. The Morgan fingerprint density at radius 2 is 1.83 bits per heavy atom. The first-order valence-corrected chi connectivity index (χ1v) is 7.61. The summed E-state index contributed by atoms with van der Waals surface area (Å²) in [6.07, 6.45) is 1.08. The SMILES string of the molecule is CC(CS(C)(=O)=O)NCC(F)(F)c1ccccc1. The monoisotopic (exact) mass is 277 g/mol. The van der Waals surface area contributed by atoms with Crippen molar-refractivity contribution in [3.63, 3.8) is 0 Å². The number of sulfone groups is 1. The van der Waals surface area contributed by atoms with Gasteiger partial charge in [-0.25, -0.2) is 8.42 Å². The fourth-order valence-electron chi connectivity index (χ4n) is 1.60. The van der Waals surface area contributed by atoms with Crippen molar-refractivity contribution in [2.24, 2.45) is 0 Å².